The smallest absolute Gasteiger partial charge is 0.157 e. The molecule has 1 aliphatic heterocycles. The third-order valence-corrected chi connectivity index (χ3v) is 3.46. The number of hydrogen-bond donors (Lipinski definition) is 1. The van der Waals surface area contributed by atoms with Crippen LogP contribution < -0.4 is 5.32 Å². The number of fused-ring (bicyclic) bond motifs is 3. The Morgan fingerprint density at radius 1 is 1.31 bits per heavy atom. The van der Waals surface area contributed by atoms with E-state index in [1.54, 1.807) is 6.26 Å². The van der Waals surface area contributed by atoms with Gasteiger partial charge in [0.1, 0.15) is 0 Å². The monoisotopic (exact) mass is 215 g/mol. The van der Waals surface area contributed by atoms with Gasteiger partial charge in [-0.25, -0.2) is 0 Å². The molecule has 84 valence electrons. The Morgan fingerprint density at radius 2 is 2.12 bits per heavy atom. The molecule has 1 aromatic heterocycles. The molecule has 0 aliphatic carbocycles. The topological polar surface area (TPSA) is 25.2 Å². The Hall–Kier alpha value is -1.44. The van der Waals surface area contributed by atoms with Gasteiger partial charge in [-0.15, -0.1) is 0 Å². The minimum Gasteiger partial charge on any atom is -0.462 e. The van der Waals surface area contributed by atoms with Crippen LogP contribution in [0.5, 0.6) is 0 Å². The highest BCUT2D eigenvalue weighted by atomic mass is 16.3. The molecule has 2 nitrogen and oxygen atoms in total. The van der Waals surface area contributed by atoms with Crippen molar-refractivity contribution in [1.29, 1.82) is 0 Å². The summed E-state index contributed by atoms with van der Waals surface area (Å²) in [5.74, 6) is 0.584. The third kappa shape index (κ3) is 1.33. The Labute approximate surface area is 95.6 Å². The van der Waals surface area contributed by atoms with Gasteiger partial charge in [0, 0.05) is 10.9 Å². The molecule has 2 aromatic rings. The molecule has 0 saturated heterocycles. The first kappa shape index (κ1) is 9.76. The van der Waals surface area contributed by atoms with Gasteiger partial charge in [-0.1, -0.05) is 19.1 Å². The van der Waals surface area contributed by atoms with Crippen molar-refractivity contribution < 1.29 is 4.42 Å². The van der Waals surface area contributed by atoms with Crippen molar-refractivity contribution in [3.63, 3.8) is 0 Å². The lowest BCUT2D eigenvalue weighted by atomic mass is 9.81. The molecule has 0 saturated carbocycles. The zero-order chi connectivity index (χ0) is 11.3. The second-order valence-electron chi connectivity index (χ2n) is 5.48. The molecule has 16 heavy (non-hydrogen) atoms. The van der Waals surface area contributed by atoms with E-state index in [2.05, 4.69) is 38.2 Å². The molecular formula is C14H17NO. The molecule has 2 heterocycles. The second kappa shape index (κ2) is 3.03. The molecule has 0 fully saturated rings. The standard InChI is InChI=1S/C14H17NO/c1-9-8-14(2,3)15-12-11(9)5-4-10-6-7-16-13(10)12/h4-7,9,15H,8H2,1-3H3. The normalized spacial score (nSPS) is 22.8. The number of furan rings is 1. The van der Waals surface area contributed by atoms with Gasteiger partial charge >= 0.3 is 0 Å². The van der Waals surface area contributed by atoms with Crippen LogP contribution in [0.1, 0.15) is 38.7 Å². The fourth-order valence-corrected chi connectivity index (χ4v) is 2.85. The quantitative estimate of drug-likeness (QED) is 0.714. The molecule has 0 bridgehead atoms. The molecule has 1 atom stereocenters. The lowest BCUT2D eigenvalue weighted by molar-refractivity contribution is 0.453. The van der Waals surface area contributed by atoms with Gasteiger partial charge in [0.05, 0.1) is 12.0 Å². The summed E-state index contributed by atoms with van der Waals surface area (Å²) in [6, 6.07) is 6.39. The summed E-state index contributed by atoms with van der Waals surface area (Å²) in [5.41, 5.74) is 3.71. The molecule has 1 N–H and O–H groups in total. The van der Waals surface area contributed by atoms with Crippen molar-refractivity contribution in [2.75, 3.05) is 5.32 Å². The van der Waals surface area contributed by atoms with E-state index in [9.17, 15) is 0 Å². The number of anilines is 1. The lowest BCUT2D eigenvalue weighted by Crippen LogP contribution is -2.36. The maximum Gasteiger partial charge on any atom is 0.157 e. The van der Waals surface area contributed by atoms with Crippen LogP contribution in [0.2, 0.25) is 0 Å². The Balaban J connectivity index is 2.27. The Kier molecular flexibility index (Phi) is 1.85. The van der Waals surface area contributed by atoms with E-state index in [0.29, 0.717) is 5.92 Å². The lowest BCUT2D eigenvalue weighted by Gasteiger charge is -2.37. The number of rotatable bonds is 0. The van der Waals surface area contributed by atoms with Crippen molar-refractivity contribution >= 4 is 16.7 Å². The van der Waals surface area contributed by atoms with Gasteiger partial charge in [0.15, 0.2) is 5.58 Å². The predicted octanol–water partition coefficient (Wildman–Crippen LogP) is 4.13. The van der Waals surface area contributed by atoms with E-state index in [-0.39, 0.29) is 5.54 Å². The summed E-state index contributed by atoms with van der Waals surface area (Å²) in [4.78, 5) is 0. The maximum atomic E-state index is 5.60. The van der Waals surface area contributed by atoms with E-state index in [4.69, 9.17) is 4.42 Å². The summed E-state index contributed by atoms with van der Waals surface area (Å²) >= 11 is 0. The molecular weight excluding hydrogens is 198 g/mol. The highest BCUT2D eigenvalue weighted by Crippen LogP contribution is 2.42. The van der Waals surface area contributed by atoms with Crippen molar-refractivity contribution in [1.82, 2.24) is 0 Å². The number of nitrogens with one attached hydrogen (secondary N) is 1. The maximum absolute atomic E-state index is 5.60. The molecule has 0 radical (unpaired) electrons. The van der Waals surface area contributed by atoms with Crippen molar-refractivity contribution in [3.05, 3.63) is 30.0 Å². The Bertz CT molecular complexity index is 539. The number of hydrogen-bond acceptors (Lipinski definition) is 2. The fraction of sp³-hybridized carbons (Fsp3) is 0.429. The van der Waals surface area contributed by atoms with E-state index in [0.717, 1.165) is 12.0 Å². The fourth-order valence-electron chi connectivity index (χ4n) is 2.85. The first-order valence-electron chi connectivity index (χ1n) is 5.85. The molecule has 1 aliphatic rings. The van der Waals surface area contributed by atoms with E-state index < -0.39 is 0 Å². The largest absolute Gasteiger partial charge is 0.462 e. The van der Waals surface area contributed by atoms with Crippen LogP contribution in [0.3, 0.4) is 0 Å². The average Bonchev–Trinajstić information content (AvgIpc) is 2.63. The molecule has 3 rings (SSSR count). The number of benzene rings is 1. The molecule has 2 heteroatoms. The van der Waals surface area contributed by atoms with Crippen molar-refractivity contribution in [2.45, 2.75) is 38.6 Å². The van der Waals surface area contributed by atoms with Gasteiger partial charge in [-0.05, 0) is 37.8 Å². The van der Waals surface area contributed by atoms with Crippen LogP contribution in [0.15, 0.2) is 28.9 Å². The predicted molar refractivity (Wildman–Crippen MR) is 66.9 cm³/mol. The molecule has 1 aromatic carbocycles. The highest BCUT2D eigenvalue weighted by Gasteiger charge is 2.30. The van der Waals surface area contributed by atoms with Gasteiger partial charge < -0.3 is 9.73 Å². The summed E-state index contributed by atoms with van der Waals surface area (Å²) < 4.78 is 5.60. The minimum absolute atomic E-state index is 0.146. The van der Waals surface area contributed by atoms with Gasteiger partial charge in [0.25, 0.3) is 0 Å². The second-order valence-corrected chi connectivity index (χ2v) is 5.48. The molecule has 0 amide bonds. The average molecular weight is 215 g/mol. The van der Waals surface area contributed by atoms with Gasteiger partial charge in [-0.2, -0.15) is 0 Å². The Morgan fingerprint density at radius 3 is 2.94 bits per heavy atom. The highest BCUT2D eigenvalue weighted by molar-refractivity contribution is 5.92. The first-order chi connectivity index (χ1) is 7.57. The minimum atomic E-state index is 0.146. The van der Waals surface area contributed by atoms with Crippen molar-refractivity contribution in [3.8, 4) is 0 Å². The van der Waals surface area contributed by atoms with Gasteiger partial charge in [-0.3, -0.25) is 0 Å². The summed E-state index contributed by atoms with van der Waals surface area (Å²) in [7, 11) is 0. The van der Waals surface area contributed by atoms with Crippen LogP contribution in [0, 0.1) is 0 Å². The zero-order valence-corrected chi connectivity index (χ0v) is 10.0. The van der Waals surface area contributed by atoms with Crippen LogP contribution in [0.4, 0.5) is 5.69 Å². The van der Waals surface area contributed by atoms with Crippen molar-refractivity contribution in [2.24, 2.45) is 0 Å². The van der Waals surface area contributed by atoms with Crippen LogP contribution >= 0.6 is 0 Å². The zero-order valence-electron chi connectivity index (χ0n) is 10.0. The summed E-state index contributed by atoms with van der Waals surface area (Å²) in [6.45, 7) is 6.78. The van der Waals surface area contributed by atoms with E-state index >= 15 is 0 Å². The van der Waals surface area contributed by atoms with E-state index in [1.165, 1.54) is 16.6 Å². The third-order valence-electron chi connectivity index (χ3n) is 3.46. The first-order valence-corrected chi connectivity index (χ1v) is 5.85. The van der Waals surface area contributed by atoms with Crippen LogP contribution in [0.25, 0.3) is 11.0 Å². The SMILES string of the molecule is CC1CC(C)(C)Nc2c1ccc1ccoc21. The molecule has 0 spiro atoms. The van der Waals surface area contributed by atoms with Crippen LogP contribution in [-0.4, -0.2) is 5.54 Å². The molecule has 1 unspecified atom stereocenters. The summed E-state index contributed by atoms with van der Waals surface area (Å²) in [5, 5.41) is 4.78. The van der Waals surface area contributed by atoms with Gasteiger partial charge in [0.2, 0.25) is 0 Å². The summed E-state index contributed by atoms with van der Waals surface area (Å²) in [6.07, 6.45) is 2.92. The van der Waals surface area contributed by atoms with E-state index in [1.807, 2.05) is 6.07 Å². The van der Waals surface area contributed by atoms with Crippen LogP contribution in [-0.2, 0) is 0 Å².